The van der Waals surface area contributed by atoms with Gasteiger partial charge >= 0.3 is 5.97 Å². The van der Waals surface area contributed by atoms with E-state index in [0.29, 0.717) is 12.5 Å². The summed E-state index contributed by atoms with van der Waals surface area (Å²) in [6.45, 7) is 2.05. The molecule has 0 spiro atoms. The molecule has 4 nitrogen and oxygen atoms in total. The number of carbonyl (C=O) groups is 1. The molecule has 88 valence electrons. The van der Waals surface area contributed by atoms with Gasteiger partial charge in [0.25, 0.3) is 0 Å². The first kappa shape index (κ1) is 12.5. The average Bonchev–Trinajstić information content (AvgIpc) is 2.69. The molecule has 0 amide bonds. The minimum absolute atomic E-state index is 0.0101. The summed E-state index contributed by atoms with van der Waals surface area (Å²) in [6, 6.07) is 0. The predicted molar refractivity (Wildman–Crippen MR) is 55.4 cm³/mol. The van der Waals surface area contributed by atoms with Crippen molar-refractivity contribution in [2.75, 3.05) is 20.3 Å². The number of carbonyl (C=O) groups excluding carboxylic acids is 1. The van der Waals surface area contributed by atoms with E-state index in [-0.39, 0.29) is 6.61 Å². The summed E-state index contributed by atoms with van der Waals surface area (Å²) < 4.78 is 9.82. The normalized spacial score (nSPS) is 21.3. The molecule has 1 unspecified atom stereocenters. The van der Waals surface area contributed by atoms with E-state index in [0.717, 1.165) is 0 Å². The molecule has 1 N–H and O–H groups in total. The van der Waals surface area contributed by atoms with Crippen LogP contribution in [-0.2, 0) is 14.3 Å². The van der Waals surface area contributed by atoms with Crippen LogP contribution in [0, 0.1) is 5.92 Å². The van der Waals surface area contributed by atoms with E-state index in [9.17, 15) is 9.90 Å². The molecule has 1 atom stereocenters. The lowest BCUT2D eigenvalue weighted by atomic mass is 10.1. The highest BCUT2D eigenvalue weighted by Crippen LogP contribution is 2.25. The van der Waals surface area contributed by atoms with Crippen molar-refractivity contribution < 1.29 is 19.4 Å². The van der Waals surface area contributed by atoms with E-state index in [1.807, 2.05) is 0 Å². The van der Waals surface area contributed by atoms with Crippen LogP contribution in [0.25, 0.3) is 0 Å². The van der Waals surface area contributed by atoms with Crippen LogP contribution in [-0.4, -0.2) is 37.0 Å². The maximum absolute atomic E-state index is 11.1. The highest BCUT2D eigenvalue weighted by molar-refractivity contribution is 5.78. The van der Waals surface area contributed by atoms with Crippen LogP contribution in [0.4, 0.5) is 0 Å². The maximum Gasteiger partial charge on any atom is 0.339 e. The molecule has 1 fully saturated rings. The predicted octanol–water partition coefficient (Wildman–Crippen LogP) is 1.12. The number of hydrogen-bond acceptors (Lipinski definition) is 4. The highest BCUT2D eigenvalue weighted by Gasteiger charge is 2.32. The van der Waals surface area contributed by atoms with Gasteiger partial charge in [-0.2, -0.15) is 0 Å². The molecule has 0 aromatic carbocycles. The molecule has 1 saturated carbocycles. The van der Waals surface area contributed by atoms with Crippen molar-refractivity contribution in [3.8, 4) is 0 Å². The van der Waals surface area contributed by atoms with Crippen LogP contribution in [0.15, 0.2) is 0 Å². The molecule has 0 aromatic heterocycles. The average molecular weight is 216 g/mol. The Kier molecular flexibility index (Phi) is 4.54. The topological polar surface area (TPSA) is 55.8 Å². The van der Waals surface area contributed by atoms with Crippen molar-refractivity contribution in [3.05, 3.63) is 0 Å². The number of esters is 1. The molecule has 1 rings (SSSR count). The first-order chi connectivity index (χ1) is 7.06. The maximum atomic E-state index is 11.1. The summed E-state index contributed by atoms with van der Waals surface area (Å²) in [7, 11) is 1.26. The SMILES string of the molecule is COC(=O)C(C)(O)COCC1CCCC1. The van der Waals surface area contributed by atoms with Gasteiger partial charge in [0, 0.05) is 6.61 Å². The van der Waals surface area contributed by atoms with Crippen molar-refractivity contribution in [3.63, 3.8) is 0 Å². The molecule has 0 bridgehead atoms. The van der Waals surface area contributed by atoms with Gasteiger partial charge in [-0.25, -0.2) is 4.79 Å². The molecule has 0 aromatic rings. The summed E-state index contributed by atoms with van der Waals surface area (Å²) in [5.74, 6) is -0.0487. The molecule has 1 aliphatic carbocycles. The summed E-state index contributed by atoms with van der Waals surface area (Å²) >= 11 is 0. The number of hydrogen-bond donors (Lipinski definition) is 1. The van der Waals surface area contributed by atoms with Gasteiger partial charge in [0.05, 0.1) is 13.7 Å². The second kappa shape index (κ2) is 5.47. The molecule has 0 heterocycles. The van der Waals surface area contributed by atoms with Gasteiger partial charge in [-0.3, -0.25) is 0 Å². The standard InChI is InChI=1S/C11H20O4/c1-11(13,10(12)14-2)8-15-7-9-5-3-4-6-9/h9,13H,3-8H2,1-2H3. The van der Waals surface area contributed by atoms with Gasteiger partial charge in [0.2, 0.25) is 0 Å². The third-order valence-corrected chi connectivity index (χ3v) is 2.84. The molecule has 1 aliphatic rings. The van der Waals surface area contributed by atoms with Gasteiger partial charge in [0.15, 0.2) is 5.60 Å². The number of rotatable bonds is 5. The largest absolute Gasteiger partial charge is 0.467 e. The van der Waals surface area contributed by atoms with Crippen LogP contribution in [0.1, 0.15) is 32.6 Å². The third-order valence-electron chi connectivity index (χ3n) is 2.84. The van der Waals surface area contributed by atoms with Crippen molar-refractivity contribution in [2.24, 2.45) is 5.92 Å². The number of ether oxygens (including phenoxy) is 2. The van der Waals surface area contributed by atoms with E-state index < -0.39 is 11.6 Å². The van der Waals surface area contributed by atoms with Gasteiger partial charge in [-0.15, -0.1) is 0 Å². The van der Waals surface area contributed by atoms with Crippen molar-refractivity contribution in [2.45, 2.75) is 38.2 Å². The van der Waals surface area contributed by atoms with Crippen LogP contribution < -0.4 is 0 Å². The summed E-state index contributed by atoms with van der Waals surface area (Å²) in [5.41, 5.74) is -1.52. The molecule has 0 radical (unpaired) electrons. The first-order valence-corrected chi connectivity index (χ1v) is 5.45. The lowest BCUT2D eigenvalue weighted by Gasteiger charge is -2.21. The Morgan fingerprint density at radius 1 is 1.47 bits per heavy atom. The van der Waals surface area contributed by atoms with Crippen LogP contribution in [0.5, 0.6) is 0 Å². The fourth-order valence-electron chi connectivity index (χ4n) is 1.88. The molecular weight excluding hydrogens is 196 g/mol. The van der Waals surface area contributed by atoms with Crippen molar-refractivity contribution in [1.29, 1.82) is 0 Å². The Balaban J connectivity index is 2.20. The quantitative estimate of drug-likeness (QED) is 0.700. The Morgan fingerprint density at radius 2 is 2.07 bits per heavy atom. The summed E-state index contributed by atoms with van der Waals surface area (Å²) in [4.78, 5) is 11.1. The van der Waals surface area contributed by atoms with Crippen molar-refractivity contribution in [1.82, 2.24) is 0 Å². The van der Waals surface area contributed by atoms with Crippen LogP contribution in [0.2, 0.25) is 0 Å². The Hall–Kier alpha value is -0.610. The zero-order chi connectivity index (χ0) is 11.3. The first-order valence-electron chi connectivity index (χ1n) is 5.45. The summed E-state index contributed by atoms with van der Waals surface area (Å²) in [5, 5.41) is 9.66. The van der Waals surface area contributed by atoms with E-state index in [2.05, 4.69) is 4.74 Å². The number of methoxy groups -OCH3 is 1. The molecule has 15 heavy (non-hydrogen) atoms. The number of aliphatic hydroxyl groups is 1. The van der Waals surface area contributed by atoms with E-state index in [1.165, 1.54) is 39.7 Å². The Labute approximate surface area is 90.6 Å². The van der Waals surface area contributed by atoms with Gasteiger partial charge < -0.3 is 14.6 Å². The van der Waals surface area contributed by atoms with Crippen LogP contribution >= 0.6 is 0 Å². The van der Waals surface area contributed by atoms with Crippen molar-refractivity contribution >= 4 is 5.97 Å². The van der Waals surface area contributed by atoms with Crippen LogP contribution in [0.3, 0.4) is 0 Å². The third kappa shape index (κ3) is 3.80. The minimum Gasteiger partial charge on any atom is -0.467 e. The lowest BCUT2D eigenvalue weighted by Crippen LogP contribution is -2.41. The lowest BCUT2D eigenvalue weighted by molar-refractivity contribution is -0.166. The minimum atomic E-state index is -1.52. The van der Waals surface area contributed by atoms with E-state index >= 15 is 0 Å². The molecule has 0 saturated heterocycles. The van der Waals surface area contributed by atoms with E-state index in [1.54, 1.807) is 0 Å². The van der Waals surface area contributed by atoms with Gasteiger partial charge in [-0.05, 0) is 25.7 Å². The molecular formula is C11H20O4. The fourth-order valence-corrected chi connectivity index (χ4v) is 1.88. The second-order valence-corrected chi connectivity index (χ2v) is 4.43. The van der Waals surface area contributed by atoms with Gasteiger partial charge in [0.1, 0.15) is 0 Å². The molecule has 4 heteroatoms. The smallest absolute Gasteiger partial charge is 0.339 e. The van der Waals surface area contributed by atoms with E-state index in [4.69, 9.17) is 4.74 Å². The Morgan fingerprint density at radius 3 is 2.60 bits per heavy atom. The Bertz CT molecular complexity index is 207. The zero-order valence-electron chi connectivity index (χ0n) is 9.49. The summed E-state index contributed by atoms with van der Waals surface area (Å²) in [6.07, 6.45) is 4.92. The fraction of sp³-hybridized carbons (Fsp3) is 0.909. The highest BCUT2D eigenvalue weighted by atomic mass is 16.6. The second-order valence-electron chi connectivity index (χ2n) is 4.43. The molecule has 0 aliphatic heterocycles. The monoisotopic (exact) mass is 216 g/mol. The zero-order valence-corrected chi connectivity index (χ0v) is 9.49. The van der Waals surface area contributed by atoms with Gasteiger partial charge in [-0.1, -0.05) is 12.8 Å².